The molecule has 6 heteroatoms. The van der Waals surface area contributed by atoms with Gasteiger partial charge in [0.15, 0.2) is 0 Å². The van der Waals surface area contributed by atoms with Crippen LogP contribution in [0.25, 0.3) is 0 Å². The van der Waals surface area contributed by atoms with Crippen LogP contribution in [0, 0.1) is 5.92 Å². The van der Waals surface area contributed by atoms with Gasteiger partial charge in [-0.3, -0.25) is 14.4 Å². The number of esters is 1. The maximum absolute atomic E-state index is 11.8. The zero-order chi connectivity index (χ0) is 14.1. The van der Waals surface area contributed by atoms with Crippen LogP contribution >= 0.6 is 0 Å². The number of nitrogens with one attached hydrogen (secondary N) is 2. The van der Waals surface area contributed by atoms with Crippen LogP contribution in [0.5, 0.6) is 0 Å². The fourth-order valence-electron chi connectivity index (χ4n) is 1.38. The molecule has 2 amide bonds. The molecule has 0 aromatic carbocycles. The summed E-state index contributed by atoms with van der Waals surface area (Å²) in [6.07, 6.45) is 0.129. The van der Waals surface area contributed by atoms with E-state index in [0.717, 1.165) is 0 Å². The normalized spacial score (nSPS) is 11.8. The average Bonchev–Trinajstić information content (AvgIpc) is 2.25. The first-order valence-electron chi connectivity index (χ1n) is 6.08. The minimum atomic E-state index is -0.579. The number of rotatable bonds is 7. The summed E-state index contributed by atoms with van der Waals surface area (Å²) in [5, 5.41) is 5.18. The van der Waals surface area contributed by atoms with E-state index in [1.165, 1.54) is 6.92 Å². The SMILES string of the molecule is CCOC(=O)CCNC(=O)C(NC(C)=O)C(C)C. The van der Waals surface area contributed by atoms with Crippen LogP contribution < -0.4 is 10.6 Å². The van der Waals surface area contributed by atoms with Gasteiger partial charge in [0.05, 0.1) is 13.0 Å². The molecule has 0 aliphatic rings. The summed E-state index contributed by atoms with van der Waals surface area (Å²) in [4.78, 5) is 33.8. The maximum atomic E-state index is 11.8. The van der Waals surface area contributed by atoms with Gasteiger partial charge in [0.1, 0.15) is 6.04 Å². The van der Waals surface area contributed by atoms with Gasteiger partial charge in [-0.2, -0.15) is 0 Å². The van der Waals surface area contributed by atoms with Gasteiger partial charge in [0.25, 0.3) is 0 Å². The molecule has 0 aromatic rings. The quantitative estimate of drug-likeness (QED) is 0.640. The Morgan fingerprint density at radius 2 is 1.83 bits per heavy atom. The largest absolute Gasteiger partial charge is 0.466 e. The molecule has 0 rings (SSSR count). The molecule has 0 fully saturated rings. The molecular weight excluding hydrogens is 236 g/mol. The van der Waals surface area contributed by atoms with Gasteiger partial charge >= 0.3 is 5.97 Å². The van der Waals surface area contributed by atoms with E-state index in [0.29, 0.717) is 6.61 Å². The Kier molecular flexibility index (Phi) is 7.74. The summed E-state index contributed by atoms with van der Waals surface area (Å²) in [6.45, 7) is 7.30. The van der Waals surface area contributed by atoms with Crippen molar-refractivity contribution in [2.75, 3.05) is 13.2 Å². The van der Waals surface area contributed by atoms with E-state index in [4.69, 9.17) is 4.74 Å². The lowest BCUT2D eigenvalue weighted by Crippen LogP contribution is -2.49. The van der Waals surface area contributed by atoms with Crippen molar-refractivity contribution in [1.29, 1.82) is 0 Å². The van der Waals surface area contributed by atoms with Crippen LogP contribution in [0.15, 0.2) is 0 Å². The maximum Gasteiger partial charge on any atom is 0.307 e. The van der Waals surface area contributed by atoms with Crippen molar-refractivity contribution in [3.05, 3.63) is 0 Å². The Morgan fingerprint density at radius 1 is 1.22 bits per heavy atom. The lowest BCUT2D eigenvalue weighted by molar-refractivity contribution is -0.143. The van der Waals surface area contributed by atoms with E-state index in [-0.39, 0.29) is 36.7 Å². The highest BCUT2D eigenvalue weighted by molar-refractivity contribution is 5.87. The number of amides is 2. The van der Waals surface area contributed by atoms with E-state index >= 15 is 0 Å². The third kappa shape index (κ3) is 6.88. The lowest BCUT2D eigenvalue weighted by Gasteiger charge is -2.20. The summed E-state index contributed by atoms with van der Waals surface area (Å²) >= 11 is 0. The lowest BCUT2D eigenvalue weighted by atomic mass is 10.0. The van der Waals surface area contributed by atoms with Gasteiger partial charge in [-0.05, 0) is 12.8 Å². The standard InChI is InChI=1S/C12H22N2O4/c1-5-18-10(16)6-7-13-12(17)11(8(2)3)14-9(4)15/h8,11H,5-7H2,1-4H3,(H,13,17)(H,14,15). The van der Waals surface area contributed by atoms with Crippen LogP contribution in [0.4, 0.5) is 0 Å². The molecular formula is C12H22N2O4. The van der Waals surface area contributed by atoms with Crippen molar-refractivity contribution < 1.29 is 19.1 Å². The Hall–Kier alpha value is -1.59. The molecule has 0 aliphatic heterocycles. The molecule has 0 saturated carbocycles. The van der Waals surface area contributed by atoms with Gasteiger partial charge in [-0.15, -0.1) is 0 Å². The highest BCUT2D eigenvalue weighted by Gasteiger charge is 2.22. The van der Waals surface area contributed by atoms with Crippen molar-refractivity contribution in [3.63, 3.8) is 0 Å². The van der Waals surface area contributed by atoms with Crippen molar-refractivity contribution in [1.82, 2.24) is 10.6 Å². The summed E-state index contributed by atoms with van der Waals surface area (Å²) in [5.74, 6) is -0.909. The second kappa shape index (κ2) is 8.49. The van der Waals surface area contributed by atoms with Gasteiger partial charge in [-0.25, -0.2) is 0 Å². The van der Waals surface area contributed by atoms with Crippen molar-refractivity contribution in [2.24, 2.45) is 5.92 Å². The van der Waals surface area contributed by atoms with E-state index in [9.17, 15) is 14.4 Å². The first-order valence-corrected chi connectivity index (χ1v) is 6.08. The van der Waals surface area contributed by atoms with Gasteiger partial charge in [0.2, 0.25) is 11.8 Å². The van der Waals surface area contributed by atoms with Crippen molar-refractivity contribution in [3.8, 4) is 0 Å². The van der Waals surface area contributed by atoms with E-state index in [2.05, 4.69) is 10.6 Å². The molecule has 1 unspecified atom stereocenters. The molecule has 0 bridgehead atoms. The van der Waals surface area contributed by atoms with Gasteiger partial charge < -0.3 is 15.4 Å². The van der Waals surface area contributed by atoms with Gasteiger partial charge in [-0.1, -0.05) is 13.8 Å². The van der Waals surface area contributed by atoms with Crippen molar-refractivity contribution >= 4 is 17.8 Å². The number of hydrogen-bond acceptors (Lipinski definition) is 4. The third-order valence-electron chi connectivity index (χ3n) is 2.24. The molecule has 2 N–H and O–H groups in total. The Morgan fingerprint density at radius 3 is 2.28 bits per heavy atom. The molecule has 18 heavy (non-hydrogen) atoms. The highest BCUT2D eigenvalue weighted by Crippen LogP contribution is 2.01. The first-order chi connectivity index (χ1) is 8.38. The molecule has 0 saturated heterocycles. The smallest absolute Gasteiger partial charge is 0.307 e. The first kappa shape index (κ1) is 16.4. The van der Waals surface area contributed by atoms with Crippen LogP contribution in [0.1, 0.15) is 34.1 Å². The van der Waals surface area contributed by atoms with Crippen molar-refractivity contribution in [2.45, 2.75) is 40.2 Å². The Bertz CT molecular complexity index is 302. The number of carbonyl (C=O) groups excluding carboxylic acids is 3. The molecule has 1 atom stereocenters. The number of ether oxygens (including phenoxy) is 1. The number of hydrogen-bond donors (Lipinski definition) is 2. The minimum Gasteiger partial charge on any atom is -0.466 e. The predicted molar refractivity (Wildman–Crippen MR) is 66.7 cm³/mol. The molecule has 0 spiro atoms. The van der Waals surface area contributed by atoms with E-state index < -0.39 is 6.04 Å². The average molecular weight is 258 g/mol. The van der Waals surface area contributed by atoms with Crippen LogP contribution in [-0.4, -0.2) is 37.0 Å². The Labute approximate surface area is 107 Å². The topological polar surface area (TPSA) is 84.5 Å². The Balaban J connectivity index is 4.11. The monoisotopic (exact) mass is 258 g/mol. The molecule has 0 aromatic heterocycles. The third-order valence-corrected chi connectivity index (χ3v) is 2.24. The highest BCUT2D eigenvalue weighted by atomic mass is 16.5. The van der Waals surface area contributed by atoms with Crippen LogP contribution in [0.3, 0.4) is 0 Å². The van der Waals surface area contributed by atoms with E-state index in [1.54, 1.807) is 6.92 Å². The molecule has 0 heterocycles. The van der Waals surface area contributed by atoms with Gasteiger partial charge in [0, 0.05) is 13.5 Å². The molecule has 0 radical (unpaired) electrons. The summed E-state index contributed by atoms with van der Waals surface area (Å²) < 4.78 is 4.74. The van der Waals surface area contributed by atoms with Crippen LogP contribution in [-0.2, 0) is 19.1 Å². The van der Waals surface area contributed by atoms with E-state index in [1.807, 2.05) is 13.8 Å². The minimum absolute atomic E-state index is 0.0171. The molecule has 6 nitrogen and oxygen atoms in total. The second-order valence-electron chi connectivity index (χ2n) is 4.27. The zero-order valence-electron chi connectivity index (χ0n) is 11.4. The van der Waals surface area contributed by atoms with Crippen LogP contribution in [0.2, 0.25) is 0 Å². The number of carbonyl (C=O) groups is 3. The molecule has 104 valence electrons. The summed E-state index contributed by atoms with van der Waals surface area (Å²) in [5.41, 5.74) is 0. The summed E-state index contributed by atoms with van der Waals surface area (Å²) in [7, 11) is 0. The predicted octanol–water partition coefficient (Wildman–Crippen LogP) is 0.217. The molecule has 0 aliphatic carbocycles. The zero-order valence-corrected chi connectivity index (χ0v) is 11.4. The fourth-order valence-corrected chi connectivity index (χ4v) is 1.38. The summed E-state index contributed by atoms with van der Waals surface area (Å²) in [6, 6.07) is -0.579. The second-order valence-corrected chi connectivity index (χ2v) is 4.27. The fraction of sp³-hybridized carbons (Fsp3) is 0.750.